The van der Waals surface area contributed by atoms with Crippen molar-refractivity contribution in [3.8, 4) is 11.5 Å². The molecule has 0 aliphatic rings. The summed E-state index contributed by atoms with van der Waals surface area (Å²) in [5.74, 6) is 1.45. The van der Waals surface area contributed by atoms with Gasteiger partial charge in [0.25, 0.3) is 0 Å². The Morgan fingerprint density at radius 3 is 2.45 bits per heavy atom. The van der Waals surface area contributed by atoms with Gasteiger partial charge >= 0.3 is 0 Å². The molecule has 31 heavy (non-hydrogen) atoms. The molecular formula is C25H22N4O2. The molecule has 4 rings (SSSR count). The lowest BCUT2D eigenvalue weighted by molar-refractivity contribution is 0.299. The van der Waals surface area contributed by atoms with Crippen molar-refractivity contribution < 1.29 is 9.47 Å². The Morgan fingerprint density at radius 2 is 1.68 bits per heavy atom. The Labute approximate surface area is 180 Å². The van der Waals surface area contributed by atoms with Crippen LogP contribution in [0.3, 0.4) is 0 Å². The van der Waals surface area contributed by atoms with Crippen LogP contribution in [0.5, 0.6) is 11.5 Å². The van der Waals surface area contributed by atoms with E-state index in [2.05, 4.69) is 20.2 Å². The Hall–Kier alpha value is -4.19. The summed E-state index contributed by atoms with van der Waals surface area (Å²) in [5.41, 5.74) is 4.41. The molecule has 0 bridgehead atoms. The highest BCUT2D eigenvalue weighted by atomic mass is 16.5. The summed E-state index contributed by atoms with van der Waals surface area (Å²) in [7, 11) is 1.64. The number of hydrogen-bond acceptors (Lipinski definition) is 5. The lowest BCUT2D eigenvalue weighted by atomic mass is 10.1. The van der Waals surface area contributed by atoms with Crippen LogP contribution in [0.4, 0.5) is 0 Å². The molecule has 154 valence electrons. The normalized spacial score (nSPS) is 11.3. The number of methoxy groups -OCH3 is 1. The molecule has 1 N–H and O–H groups in total. The molecule has 0 aliphatic heterocycles. The van der Waals surface area contributed by atoms with Crippen LogP contribution < -0.4 is 9.47 Å². The molecule has 0 radical (unpaired) electrons. The minimum Gasteiger partial charge on any atom is -0.496 e. The van der Waals surface area contributed by atoms with E-state index in [1.807, 2.05) is 85.0 Å². The van der Waals surface area contributed by atoms with Crippen molar-refractivity contribution in [1.29, 1.82) is 0 Å². The van der Waals surface area contributed by atoms with Gasteiger partial charge in [-0.2, -0.15) is 5.10 Å². The predicted molar refractivity (Wildman–Crippen MR) is 122 cm³/mol. The number of ether oxygens (including phenoxy) is 2. The van der Waals surface area contributed by atoms with E-state index in [9.17, 15) is 0 Å². The third-order valence-corrected chi connectivity index (χ3v) is 4.49. The second kappa shape index (κ2) is 10.0. The van der Waals surface area contributed by atoms with Crippen LogP contribution >= 0.6 is 0 Å². The molecule has 0 fully saturated rings. The van der Waals surface area contributed by atoms with Gasteiger partial charge in [0.1, 0.15) is 18.1 Å². The van der Waals surface area contributed by atoms with E-state index >= 15 is 0 Å². The van der Waals surface area contributed by atoms with Crippen molar-refractivity contribution in [1.82, 2.24) is 20.2 Å². The van der Waals surface area contributed by atoms with Crippen LogP contribution in [0.1, 0.15) is 28.3 Å². The highest BCUT2D eigenvalue weighted by Crippen LogP contribution is 2.27. The first-order chi connectivity index (χ1) is 15.3. The summed E-state index contributed by atoms with van der Waals surface area (Å²) in [6.07, 6.45) is 11.3. The number of rotatable bonds is 8. The molecule has 0 saturated heterocycles. The molecule has 0 amide bonds. The zero-order valence-corrected chi connectivity index (χ0v) is 17.1. The summed E-state index contributed by atoms with van der Waals surface area (Å²) < 4.78 is 11.3. The van der Waals surface area contributed by atoms with Crippen molar-refractivity contribution in [3.63, 3.8) is 0 Å². The fourth-order valence-electron chi connectivity index (χ4n) is 2.91. The molecule has 6 nitrogen and oxygen atoms in total. The van der Waals surface area contributed by atoms with E-state index in [0.717, 1.165) is 39.8 Å². The number of aromatic nitrogens is 4. The monoisotopic (exact) mass is 410 g/mol. The third-order valence-electron chi connectivity index (χ3n) is 4.49. The van der Waals surface area contributed by atoms with Crippen molar-refractivity contribution >= 4 is 24.3 Å². The Morgan fingerprint density at radius 1 is 0.839 bits per heavy atom. The number of aromatic amines is 1. The van der Waals surface area contributed by atoms with Gasteiger partial charge in [-0.3, -0.25) is 15.1 Å². The predicted octanol–water partition coefficient (Wildman–Crippen LogP) is 5.13. The van der Waals surface area contributed by atoms with Crippen molar-refractivity contribution in [2.45, 2.75) is 6.61 Å². The van der Waals surface area contributed by atoms with Gasteiger partial charge in [0, 0.05) is 24.0 Å². The molecule has 6 heteroatoms. The zero-order valence-electron chi connectivity index (χ0n) is 17.1. The van der Waals surface area contributed by atoms with Crippen LogP contribution in [0.2, 0.25) is 0 Å². The minimum atomic E-state index is 0.404. The van der Waals surface area contributed by atoms with E-state index in [1.54, 1.807) is 19.5 Å². The molecule has 0 aliphatic carbocycles. The van der Waals surface area contributed by atoms with E-state index < -0.39 is 0 Å². The number of H-pyrrole nitrogens is 1. The second-order valence-corrected chi connectivity index (χ2v) is 6.68. The summed E-state index contributed by atoms with van der Waals surface area (Å²) in [5, 5.41) is 7.33. The van der Waals surface area contributed by atoms with Gasteiger partial charge < -0.3 is 9.47 Å². The Balaban J connectivity index is 1.41. The van der Waals surface area contributed by atoms with E-state index in [1.165, 1.54) is 0 Å². The third kappa shape index (κ3) is 5.67. The second-order valence-electron chi connectivity index (χ2n) is 6.68. The van der Waals surface area contributed by atoms with Crippen LogP contribution in [0.15, 0.2) is 73.1 Å². The summed E-state index contributed by atoms with van der Waals surface area (Å²) in [6, 6.07) is 19.2. The summed E-state index contributed by atoms with van der Waals surface area (Å²) >= 11 is 0. The molecule has 4 aromatic rings. The molecule has 1 aromatic carbocycles. The van der Waals surface area contributed by atoms with Crippen LogP contribution in [0, 0.1) is 0 Å². The van der Waals surface area contributed by atoms with E-state index in [-0.39, 0.29) is 0 Å². The number of nitrogens with one attached hydrogen (secondary N) is 1. The summed E-state index contributed by atoms with van der Waals surface area (Å²) in [4.78, 5) is 8.53. The average Bonchev–Trinajstić information content (AvgIpc) is 3.29. The van der Waals surface area contributed by atoms with E-state index in [0.29, 0.717) is 6.61 Å². The van der Waals surface area contributed by atoms with Crippen LogP contribution in [-0.4, -0.2) is 27.3 Å². The van der Waals surface area contributed by atoms with Gasteiger partial charge in [0.05, 0.1) is 29.9 Å². The fourth-order valence-corrected chi connectivity index (χ4v) is 2.91. The van der Waals surface area contributed by atoms with Gasteiger partial charge in [-0.15, -0.1) is 0 Å². The van der Waals surface area contributed by atoms with Crippen LogP contribution in [-0.2, 0) is 6.61 Å². The average molecular weight is 410 g/mol. The maximum atomic E-state index is 5.82. The first-order valence-electron chi connectivity index (χ1n) is 9.83. The van der Waals surface area contributed by atoms with Gasteiger partial charge in [-0.25, -0.2) is 0 Å². The maximum absolute atomic E-state index is 5.82. The van der Waals surface area contributed by atoms with Crippen molar-refractivity contribution in [2.75, 3.05) is 7.11 Å². The molecule has 0 unspecified atom stereocenters. The number of hydrogen-bond donors (Lipinski definition) is 1. The Bertz CT molecular complexity index is 1170. The topological polar surface area (TPSA) is 72.9 Å². The van der Waals surface area contributed by atoms with Gasteiger partial charge in [0.2, 0.25) is 0 Å². The fraction of sp³-hybridized carbons (Fsp3) is 0.0800. The number of benzene rings is 1. The lowest BCUT2D eigenvalue weighted by Gasteiger charge is -2.09. The number of pyridine rings is 2. The zero-order chi connectivity index (χ0) is 21.3. The minimum absolute atomic E-state index is 0.404. The first-order valence-corrected chi connectivity index (χ1v) is 9.83. The molecular weight excluding hydrogens is 388 g/mol. The van der Waals surface area contributed by atoms with Crippen LogP contribution in [0.25, 0.3) is 24.3 Å². The first kappa shape index (κ1) is 20.1. The molecule has 0 spiro atoms. The van der Waals surface area contributed by atoms with Gasteiger partial charge in [-0.05, 0) is 66.8 Å². The van der Waals surface area contributed by atoms with Gasteiger partial charge in [0.15, 0.2) is 0 Å². The van der Waals surface area contributed by atoms with E-state index in [4.69, 9.17) is 9.47 Å². The highest BCUT2D eigenvalue weighted by Gasteiger charge is 2.04. The standard InChI is InChI=1S/C25H22N4O2/c1-30-25-17-24(31-18-23-7-3-5-15-27-23)13-9-19(25)8-10-21-16-22(29-28-21)12-11-20-6-2-4-14-26-20/h2-17H,18H2,1H3,(H,28,29)/b10-8+,12-11?. The largest absolute Gasteiger partial charge is 0.496 e. The lowest BCUT2D eigenvalue weighted by Crippen LogP contribution is -1.98. The highest BCUT2D eigenvalue weighted by molar-refractivity contribution is 5.73. The molecule has 3 heterocycles. The Kier molecular flexibility index (Phi) is 6.50. The van der Waals surface area contributed by atoms with Crippen molar-refractivity contribution in [2.24, 2.45) is 0 Å². The maximum Gasteiger partial charge on any atom is 0.130 e. The van der Waals surface area contributed by atoms with Gasteiger partial charge in [-0.1, -0.05) is 12.1 Å². The molecule has 0 atom stereocenters. The summed E-state index contributed by atoms with van der Waals surface area (Å²) in [6.45, 7) is 0.404. The SMILES string of the molecule is COc1cc(OCc2ccccn2)ccc1/C=C/c1cc(C=Cc2ccccn2)[nH]n1. The van der Waals surface area contributed by atoms with Crippen molar-refractivity contribution in [3.05, 3.63) is 101 Å². The molecule has 0 saturated carbocycles. The smallest absolute Gasteiger partial charge is 0.130 e. The molecule has 3 aromatic heterocycles. The number of nitrogens with zero attached hydrogens (tertiary/aromatic N) is 3. The quantitative estimate of drug-likeness (QED) is 0.436.